The SMILES string of the molecule is c1ccc(-n2c3ccccc3c3cc4c(cc32)c2cc3c(cc2n4-c2ccccc2)c2cccc4c5ccccc5n3c42)cc1. The fourth-order valence-corrected chi connectivity index (χ4v) is 8.11. The number of hydrogen-bond acceptors (Lipinski definition) is 0. The van der Waals surface area contributed by atoms with Crippen LogP contribution in [0.5, 0.6) is 0 Å². The lowest BCUT2D eigenvalue weighted by molar-refractivity contribution is 1.17. The van der Waals surface area contributed by atoms with Crippen LogP contribution in [0.3, 0.4) is 0 Å². The van der Waals surface area contributed by atoms with Crippen molar-refractivity contribution in [2.45, 2.75) is 0 Å². The molecule has 0 aliphatic carbocycles. The molecule has 11 aromatic rings. The average Bonchev–Trinajstić information content (AvgIpc) is 3.81. The molecule has 4 heterocycles. The summed E-state index contributed by atoms with van der Waals surface area (Å²) >= 11 is 0. The van der Waals surface area contributed by atoms with Gasteiger partial charge in [-0.05, 0) is 60.7 Å². The summed E-state index contributed by atoms with van der Waals surface area (Å²) in [5.41, 5.74) is 11.1. The molecular weight excluding hydrogens is 546 g/mol. The molecule has 0 bridgehead atoms. The Bertz CT molecular complexity index is 2960. The van der Waals surface area contributed by atoms with Crippen molar-refractivity contribution in [1.82, 2.24) is 13.5 Å². The first-order chi connectivity index (χ1) is 22.3. The number of benzene rings is 7. The minimum Gasteiger partial charge on any atom is -0.309 e. The topological polar surface area (TPSA) is 14.3 Å². The molecule has 0 fully saturated rings. The molecule has 0 amide bonds. The van der Waals surface area contributed by atoms with E-state index >= 15 is 0 Å². The van der Waals surface area contributed by atoms with Gasteiger partial charge in [0.15, 0.2) is 0 Å². The fraction of sp³-hybridized carbons (Fsp3) is 0. The van der Waals surface area contributed by atoms with Crippen LogP contribution >= 0.6 is 0 Å². The molecule has 4 aromatic heterocycles. The van der Waals surface area contributed by atoms with Crippen molar-refractivity contribution < 1.29 is 0 Å². The van der Waals surface area contributed by atoms with Crippen molar-refractivity contribution >= 4 is 81.7 Å². The first kappa shape index (κ1) is 23.4. The predicted molar refractivity (Wildman–Crippen MR) is 190 cm³/mol. The van der Waals surface area contributed by atoms with Gasteiger partial charge in [0.25, 0.3) is 0 Å². The van der Waals surface area contributed by atoms with E-state index in [2.05, 4.69) is 165 Å². The van der Waals surface area contributed by atoms with E-state index in [1.165, 1.54) is 93.1 Å². The molecule has 3 heteroatoms. The van der Waals surface area contributed by atoms with Gasteiger partial charge in [0.05, 0.1) is 38.6 Å². The highest BCUT2D eigenvalue weighted by Gasteiger charge is 2.22. The van der Waals surface area contributed by atoms with Crippen LogP contribution in [0.1, 0.15) is 0 Å². The van der Waals surface area contributed by atoms with Gasteiger partial charge in [-0.1, -0.05) is 91.0 Å². The minimum atomic E-state index is 1.17. The van der Waals surface area contributed by atoms with E-state index in [0.29, 0.717) is 0 Å². The lowest BCUT2D eigenvalue weighted by Crippen LogP contribution is -1.94. The summed E-state index contributed by atoms with van der Waals surface area (Å²) in [5.74, 6) is 0. The van der Waals surface area contributed by atoms with Crippen molar-refractivity contribution in [3.8, 4) is 11.4 Å². The normalized spacial score (nSPS) is 12.4. The molecule has 0 atom stereocenters. The molecule has 7 aromatic carbocycles. The van der Waals surface area contributed by atoms with Gasteiger partial charge < -0.3 is 13.5 Å². The number of aromatic nitrogens is 3. The van der Waals surface area contributed by atoms with Gasteiger partial charge in [0, 0.05) is 54.5 Å². The number of fused-ring (bicyclic) bond motifs is 12. The smallest absolute Gasteiger partial charge is 0.0620 e. The Labute approximate surface area is 257 Å². The summed E-state index contributed by atoms with van der Waals surface area (Å²) in [6, 6.07) is 55.6. The van der Waals surface area contributed by atoms with E-state index in [4.69, 9.17) is 0 Å². The van der Waals surface area contributed by atoms with Gasteiger partial charge in [-0.2, -0.15) is 0 Å². The zero-order valence-corrected chi connectivity index (χ0v) is 24.3. The molecular formula is C42H25N3. The lowest BCUT2D eigenvalue weighted by Gasteiger charge is -2.09. The number of nitrogens with zero attached hydrogens (tertiary/aromatic N) is 3. The predicted octanol–water partition coefficient (Wildman–Crippen LogP) is 11.0. The van der Waals surface area contributed by atoms with E-state index in [1.807, 2.05) is 0 Å². The highest BCUT2D eigenvalue weighted by molar-refractivity contribution is 6.27. The monoisotopic (exact) mass is 571 g/mol. The van der Waals surface area contributed by atoms with Gasteiger partial charge in [-0.3, -0.25) is 0 Å². The van der Waals surface area contributed by atoms with Crippen LogP contribution in [-0.4, -0.2) is 13.5 Å². The maximum absolute atomic E-state index is 2.49. The first-order valence-corrected chi connectivity index (χ1v) is 15.5. The lowest BCUT2D eigenvalue weighted by atomic mass is 10.1. The van der Waals surface area contributed by atoms with Crippen LogP contribution < -0.4 is 0 Å². The van der Waals surface area contributed by atoms with E-state index in [0.717, 1.165) is 0 Å². The van der Waals surface area contributed by atoms with Crippen molar-refractivity contribution in [2.24, 2.45) is 0 Å². The molecule has 45 heavy (non-hydrogen) atoms. The van der Waals surface area contributed by atoms with Gasteiger partial charge in [0.2, 0.25) is 0 Å². The summed E-state index contributed by atoms with van der Waals surface area (Å²) in [5, 5.41) is 10.3. The molecule has 0 aliphatic heterocycles. The number of hydrogen-bond donors (Lipinski definition) is 0. The summed E-state index contributed by atoms with van der Waals surface area (Å²) in [4.78, 5) is 0. The molecule has 3 nitrogen and oxygen atoms in total. The molecule has 0 N–H and O–H groups in total. The third-order valence-corrected chi connectivity index (χ3v) is 9.93. The van der Waals surface area contributed by atoms with Crippen LogP contribution in [0.15, 0.2) is 152 Å². The van der Waals surface area contributed by atoms with Crippen LogP contribution in [-0.2, 0) is 0 Å². The molecule has 11 rings (SSSR count). The molecule has 0 saturated carbocycles. The van der Waals surface area contributed by atoms with Gasteiger partial charge in [-0.25, -0.2) is 0 Å². The highest BCUT2D eigenvalue weighted by Crippen LogP contribution is 2.44. The van der Waals surface area contributed by atoms with Gasteiger partial charge in [0.1, 0.15) is 0 Å². The molecule has 0 unspecified atom stereocenters. The third-order valence-electron chi connectivity index (χ3n) is 9.93. The maximum Gasteiger partial charge on any atom is 0.0620 e. The Hall–Kier alpha value is -6.06. The summed E-state index contributed by atoms with van der Waals surface area (Å²) in [6.45, 7) is 0. The number of para-hydroxylation sites is 5. The highest BCUT2D eigenvalue weighted by atomic mass is 15.0. The quantitative estimate of drug-likeness (QED) is 0.196. The second-order valence-electron chi connectivity index (χ2n) is 12.2. The Kier molecular flexibility index (Phi) is 4.32. The average molecular weight is 572 g/mol. The van der Waals surface area contributed by atoms with E-state index in [-0.39, 0.29) is 0 Å². The van der Waals surface area contributed by atoms with Crippen LogP contribution in [0, 0.1) is 0 Å². The Balaban J connectivity index is 1.38. The third kappa shape index (κ3) is 2.90. The van der Waals surface area contributed by atoms with E-state index < -0.39 is 0 Å². The molecule has 0 saturated heterocycles. The van der Waals surface area contributed by atoms with Crippen molar-refractivity contribution in [1.29, 1.82) is 0 Å². The summed E-state index contributed by atoms with van der Waals surface area (Å²) < 4.78 is 7.37. The number of rotatable bonds is 2. The Morgan fingerprint density at radius 2 is 0.667 bits per heavy atom. The molecule has 208 valence electrons. The molecule has 0 spiro atoms. The second-order valence-corrected chi connectivity index (χ2v) is 12.2. The van der Waals surface area contributed by atoms with Crippen LogP contribution in [0.2, 0.25) is 0 Å². The van der Waals surface area contributed by atoms with Crippen molar-refractivity contribution in [3.63, 3.8) is 0 Å². The van der Waals surface area contributed by atoms with Crippen molar-refractivity contribution in [3.05, 3.63) is 152 Å². The summed E-state index contributed by atoms with van der Waals surface area (Å²) in [6.07, 6.45) is 0. The standard InChI is InChI=1S/C42H25N3/c1-3-12-26(13-4-1)43-36-20-9-8-17-29(36)32-22-39-34(24-38(32)43)35-25-41-33(23-40(35)44(39)27-14-5-2-6-15-27)31-19-11-18-30-28-16-7-10-21-37(28)45(41)42(30)31/h1-25H. The maximum atomic E-state index is 2.49. The van der Waals surface area contributed by atoms with Crippen LogP contribution in [0.25, 0.3) is 93.1 Å². The zero-order chi connectivity index (χ0) is 29.2. The summed E-state index contributed by atoms with van der Waals surface area (Å²) in [7, 11) is 0. The first-order valence-electron chi connectivity index (χ1n) is 15.5. The minimum absolute atomic E-state index is 1.17. The Morgan fingerprint density at radius 1 is 0.267 bits per heavy atom. The molecule has 0 radical (unpaired) electrons. The fourth-order valence-electron chi connectivity index (χ4n) is 8.11. The molecule has 0 aliphatic rings. The van der Waals surface area contributed by atoms with Crippen LogP contribution in [0.4, 0.5) is 0 Å². The second kappa shape index (κ2) is 8.31. The van der Waals surface area contributed by atoms with E-state index in [1.54, 1.807) is 0 Å². The largest absolute Gasteiger partial charge is 0.309 e. The van der Waals surface area contributed by atoms with Gasteiger partial charge >= 0.3 is 0 Å². The Morgan fingerprint density at radius 3 is 1.29 bits per heavy atom. The zero-order valence-electron chi connectivity index (χ0n) is 24.3. The van der Waals surface area contributed by atoms with E-state index in [9.17, 15) is 0 Å². The van der Waals surface area contributed by atoms with Gasteiger partial charge in [-0.15, -0.1) is 0 Å². The van der Waals surface area contributed by atoms with Crippen molar-refractivity contribution in [2.75, 3.05) is 0 Å².